The highest BCUT2D eigenvalue weighted by molar-refractivity contribution is 8.00. The van der Waals surface area contributed by atoms with E-state index in [2.05, 4.69) is 22.8 Å². The summed E-state index contributed by atoms with van der Waals surface area (Å²) in [6, 6.07) is 21.0. The van der Waals surface area contributed by atoms with Crippen molar-refractivity contribution < 1.29 is 19.1 Å². The van der Waals surface area contributed by atoms with E-state index in [0.29, 0.717) is 22.7 Å². The minimum atomic E-state index is -0.157. The number of rotatable bonds is 6. The Morgan fingerprint density at radius 3 is 2.73 bits per heavy atom. The second-order valence-corrected chi connectivity index (χ2v) is 9.04. The van der Waals surface area contributed by atoms with Crippen LogP contribution in [0.3, 0.4) is 0 Å². The normalized spacial score (nSPS) is 16.1. The van der Waals surface area contributed by atoms with Crippen LogP contribution >= 0.6 is 11.8 Å². The molecule has 2 amide bonds. The van der Waals surface area contributed by atoms with E-state index < -0.39 is 0 Å². The average Bonchev–Trinajstić information content (AvgIpc) is 3.31. The molecule has 0 bridgehead atoms. The standard InChI is InChI=1S/C26H24N2O4S/c29-25(27-18-12-13-22-23(14-18)32-16-31-22)15-33-24-11-4-3-9-20(24)26(30)28-21-10-5-7-17-6-1-2-8-19(17)21/h1-4,6,8-9,11-14,21H,5,7,10,15-16H2,(H,27,29)(H,28,30)/t21-/m0/s1. The van der Waals surface area contributed by atoms with Gasteiger partial charge in [0.25, 0.3) is 5.91 Å². The van der Waals surface area contributed by atoms with Crippen LogP contribution in [0, 0.1) is 0 Å². The molecule has 3 aromatic carbocycles. The predicted octanol–water partition coefficient (Wildman–Crippen LogP) is 4.95. The number of hydrogen-bond acceptors (Lipinski definition) is 5. The summed E-state index contributed by atoms with van der Waals surface area (Å²) >= 11 is 1.35. The lowest BCUT2D eigenvalue weighted by molar-refractivity contribution is -0.113. The zero-order valence-electron chi connectivity index (χ0n) is 18.0. The number of carbonyl (C=O) groups excluding carboxylic acids is 2. The Hall–Kier alpha value is -3.45. The maximum Gasteiger partial charge on any atom is 0.252 e. The highest BCUT2D eigenvalue weighted by Gasteiger charge is 2.23. The molecule has 1 aliphatic carbocycles. The van der Waals surface area contributed by atoms with Crippen LogP contribution in [0.2, 0.25) is 0 Å². The lowest BCUT2D eigenvalue weighted by Crippen LogP contribution is -2.31. The van der Waals surface area contributed by atoms with Crippen LogP contribution in [-0.2, 0) is 11.2 Å². The monoisotopic (exact) mass is 460 g/mol. The van der Waals surface area contributed by atoms with E-state index in [1.807, 2.05) is 36.4 Å². The molecule has 6 nitrogen and oxygen atoms in total. The summed E-state index contributed by atoms with van der Waals surface area (Å²) in [6.45, 7) is 0.188. The van der Waals surface area contributed by atoms with Crippen molar-refractivity contribution in [3.05, 3.63) is 83.4 Å². The SMILES string of the molecule is O=C(CSc1ccccc1C(=O)N[C@H]1CCCc2ccccc21)Nc1ccc2c(c1)OCO2. The molecule has 0 fully saturated rings. The molecule has 2 aliphatic rings. The Morgan fingerprint density at radius 1 is 0.970 bits per heavy atom. The molecule has 0 unspecified atom stereocenters. The number of benzene rings is 3. The highest BCUT2D eigenvalue weighted by atomic mass is 32.2. The first-order valence-electron chi connectivity index (χ1n) is 11.0. The van der Waals surface area contributed by atoms with Crippen molar-refractivity contribution in [3.8, 4) is 11.5 Å². The lowest BCUT2D eigenvalue weighted by atomic mass is 9.87. The molecule has 3 aromatic rings. The number of amides is 2. The van der Waals surface area contributed by atoms with Crippen molar-refractivity contribution in [2.24, 2.45) is 0 Å². The van der Waals surface area contributed by atoms with Gasteiger partial charge in [0.05, 0.1) is 17.4 Å². The average molecular weight is 461 g/mol. The predicted molar refractivity (Wildman–Crippen MR) is 128 cm³/mol. The van der Waals surface area contributed by atoms with Crippen molar-refractivity contribution in [2.45, 2.75) is 30.2 Å². The third kappa shape index (κ3) is 4.83. The van der Waals surface area contributed by atoms with Crippen LogP contribution in [0.5, 0.6) is 11.5 Å². The zero-order chi connectivity index (χ0) is 22.6. The molecule has 2 N–H and O–H groups in total. The lowest BCUT2D eigenvalue weighted by Gasteiger charge is -2.26. The van der Waals surface area contributed by atoms with Crippen LogP contribution < -0.4 is 20.1 Å². The molecule has 0 saturated heterocycles. The molecule has 0 radical (unpaired) electrons. The Labute approximate surface area is 196 Å². The summed E-state index contributed by atoms with van der Waals surface area (Å²) in [4.78, 5) is 26.4. The zero-order valence-corrected chi connectivity index (χ0v) is 18.8. The quantitative estimate of drug-likeness (QED) is 0.509. The van der Waals surface area contributed by atoms with Crippen LogP contribution in [-0.4, -0.2) is 24.4 Å². The van der Waals surface area contributed by atoms with E-state index in [-0.39, 0.29) is 30.4 Å². The fraction of sp³-hybridized carbons (Fsp3) is 0.231. The van der Waals surface area contributed by atoms with Crippen LogP contribution in [0.4, 0.5) is 5.69 Å². The van der Waals surface area contributed by atoms with Crippen molar-refractivity contribution >= 4 is 29.3 Å². The summed E-state index contributed by atoms with van der Waals surface area (Å²) < 4.78 is 10.6. The third-order valence-corrected chi connectivity index (χ3v) is 6.90. The number of anilines is 1. The number of nitrogens with one attached hydrogen (secondary N) is 2. The summed E-state index contributed by atoms with van der Waals surface area (Å²) in [7, 11) is 0. The minimum Gasteiger partial charge on any atom is -0.454 e. The molecule has 33 heavy (non-hydrogen) atoms. The van der Waals surface area contributed by atoms with E-state index >= 15 is 0 Å². The molecule has 0 saturated carbocycles. The molecular weight excluding hydrogens is 436 g/mol. The van der Waals surface area contributed by atoms with Gasteiger partial charge >= 0.3 is 0 Å². The summed E-state index contributed by atoms with van der Waals surface area (Å²) in [5, 5.41) is 6.08. The Balaban J connectivity index is 1.23. The molecule has 1 aliphatic heterocycles. The Bertz CT molecular complexity index is 1200. The van der Waals surface area contributed by atoms with Gasteiger partial charge in [0.15, 0.2) is 11.5 Å². The van der Waals surface area contributed by atoms with Gasteiger partial charge in [-0.05, 0) is 54.7 Å². The summed E-state index contributed by atoms with van der Waals surface area (Å²) in [5.41, 5.74) is 3.73. The third-order valence-electron chi connectivity index (χ3n) is 5.82. The molecule has 1 heterocycles. The van der Waals surface area contributed by atoms with Gasteiger partial charge in [0.2, 0.25) is 12.7 Å². The summed E-state index contributed by atoms with van der Waals surface area (Å²) in [6.07, 6.45) is 3.03. The van der Waals surface area contributed by atoms with E-state index in [4.69, 9.17) is 9.47 Å². The maximum absolute atomic E-state index is 13.1. The van der Waals surface area contributed by atoms with Gasteiger partial charge < -0.3 is 20.1 Å². The number of ether oxygens (including phenoxy) is 2. The second-order valence-electron chi connectivity index (χ2n) is 8.02. The van der Waals surface area contributed by atoms with Crippen LogP contribution in [0.25, 0.3) is 0 Å². The molecule has 168 valence electrons. The van der Waals surface area contributed by atoms with Gasteiger partial charge in [-0.3, -0.25) is 9.59 Å². The fourth-order valence-electron chi connectivity index (χ4n) is 4.23. The fourth-order valence-corrected chi connectivity index (χ4v) is 5.08. The van der Waals surface area contributed by atoms with E-state index in [9.17, 15) is 9.59 Å². The van der Waals surface area contributed by atoms with Gasteiger partial charge in [0.1, 0.15) is 0 Å². The van der Waals surface area contributed by atoms with E-state index in [0.717, 1.165) is 24.2 Å². The molecule has 7 heteroatoms. The van der Waals surface area contributed by atoms with Crippen LogP contribution in [0.15, 0.2) is 71.6 Å². The molecule has 0 spiro atoms. The van der Waals surface area contributed by atoms with Gasteiger partial charge in [-0.15, -0.1) is 11.8 Å². The Kier molecular flexibility index (Phi) is 6.21. The van der Waals surface area contributed by atoms with Gasteiger partial charge in [-0.2, -0.15) is 0 Å². The number of aryl methyl sites for hydroxylation is 1. The van der Waals surface area contributed by atoms with Crippen molar-refractivity contribution in [3.63, 3.8) is 0 Å². The highest BCUT2D eigenvalue weighted by Crippen LogP contribution is 2.34. The first kappa shape index (κ1) is 21.4. The number of carbonyl (C=O) groups is 2. The maximum atomic E-state index is 13.1. The number of thioether (sulfide) groups is 1. The molecular formula is C26H24N2O4S. The van der Waals surface area contributed by atoms with Crippen molar-refractivity contribution in [1.82, 2.24) is 5.32 Å². The van der Waals surface area contributed by atoms with Crippen molar-refractivity contribution in [2.75, 3.05) is 17.9 Å². The number of hydrogen-bond donors (Lipinski definition) is 2. The van der Waals surface area contributed by atoms with E-state index in [1.54, 1.807) is 18.2 Å². The second kappa shape index (κ2) is 9.58. The first-order valence-corrected chi connectivity index (χ1v) is 12.0. The van der Waals surface area contributed by atoms with Gasteiger partial charge in [-0.1, -0.05) is 36.4 Å². The van der Waals surface area contributed by atoms with Crippen molar-refractivity contribution in [1.29, 1.82) is 0 Å². The molecule has 1 atom stereocenters. The smallest absolute Gasteiger partial charge is 0.252 e. The molecule has 0 aromatic heterocycles. The topological polar surface area (TPSA) is 76.7 Å². The Morgan fingerprint density at radius 2 is 1.79 bits per heavy atom. The van der Waals surface area contributed by atoms with Gasteiger partial charge in [0, 0.05) is 16.6 Å². The molecule has 5 rings (SSSR count). The van der Waals surface area contributed by atoms with Gasteiger partial charge in [-0.25, -0.2) is 0 Å². The minimum absolute atomic E-state index is 0.00909. The largest absolute Gasteiger partial charge is 0.454 e. The van der Waals surface area contributed by atoms with E-state index in [1.165, 1.54) is 22.9 Å². The van der Waals surface area contributed by atoms with Crippen LogP contribution in [0.1, 0.15) is 40.4 Å². The first-order chi connectivity index (χ1) is 16.2. The number of fused-ring (bicyclic) bond motifs is 2. The summed E-state index contributed by atoms with van der Waals surface area (Å²) in [5.74, 6) is 1.20.